The molecule has 1 unspecified atom stereocenters. The first kappa shape index (κ1) is 20.8. The summed E-state index contributed by atoms with van der Waals surface area (Å²) in [6, 6.07) is 8.93. The van der Waals surface area contributed by atoms with Gasteiger partial charge >= 0.3 is 0 Å². The van der Waals surface area contributed by atoms with E-state index in [1.54, 1.807) is 35.4 Å². The molecule has 11 heteroatoms. The Balaban J connectivity index is 1.33. The van der Waals surface area contributed by atoms with Gasteiger partial charge in [-0.05, 0) is 12.1 Å². The summed E-state index contributed by atoms with van der Waals surface area (Å²) in [6.07, 6.45) is 3.85. The highest BCUT2D eigenvalue weighted by atomic mass is 19.1. The highest BCUT2D eigenvalue weighted by Gasteiger charge is 2.31. The van der Waals surface area contributed by atoms with E-state index in [4.69, 9.17) is 0 Å². The molecule has 1 aliphatic heterocycles. The van der Waals surface area contributed by atoms with Gasteiger partial charge in [-0.3, -0.25) is 9.59 Å². The fourth-order valence-electron chi connectivity index (χ4n) is 4.03. The van der Waals surface area contributed by atoms with Crippen LogP contribution in [0.15, 0.2) is 55.1 Å². The molecular formula is C22H20FN7O3. The van der Waals surface area contributed by atoms with Gasteiger partial charge in [0.25, 0.3) is 11.8 Å². The number of aliphatic hydroxyl groups excluding tert-OH is 1. The van der Waals surface area contributed by atoms with Crippen molar-refractivity contribution in [3.63, 3.8) is 0 Å². The van der Waals surface area contributed by atoms with E-state index < -0.39 is 17.8 Å². The molecule has 1 aromatic carbocycles. The lowest BCUT2D eigenvalue weighted by Gasteiger charge is -2.35. The molecule has 3 aromatic heterocycles. The average molecular weight is 449 g/mol. The Hall–Kier alpha value is -4.12. The van der Waals surface area contributed by atoms with Gasteiger partial charge in [-0.1, -0.05) is 23.4 Å². The van der Waals surface area contributed by atoms with E-state index in [2.05, 4.69) is 20.3 Å². The van der Waals surface area contributed by atoms with Crippen molar-refractivity contribution < 1.29 is 19.1 Å². The lowest BCUT2D eigenvalue weighted by molar-refractivity contribution is -0.142. The molecule has 4 aromatic rings. The number of pyridine rings is 1. The Kier molecular flexibility index (Phi) is 5.31. The zero-order valence-electron chi connectivity index (χ0n) is 17.4. The predicted octanol–water partition coefficient (Wildman–Crippen LogP) is 1.30. The highest BCUT2D eigenvalue weighted by Crippen LogP contribution is 2.30. The molecular weight excluding hydrogens is 429 g/mol. The molecule has 0 saturated carbocycles. The fraction of sp³-hybridized carbons (Fsp3) is 0.227. The van der Waals surface area contributed by atoms with Crippen molar-refractivity contribution in [3.05, 3.63) is 72.1 Å². The molecule has 1 atom stereocenters. The molecule has 1 saturated heterocycles. The predicted molar refractivity (Wildman–Crippen MR) is 115 cm³/mol. The van der Waals surface area contributed by atoms with Gasteiger partial charge in [0, 0.05) is 48.9 Å². The van der Waals surface area contributed by atoms with Gasteiger partial charge in [0.05, 0.1) is 24.1 Å². The second-order valence-electron chi connectivity index (χ2n) is 7.66. The van der Waals surface area contributed by atoms with Crippen LogP contribution in [0.1, 0.15) is 22.0 Å². The van der Waals surface area contributed by atoms with Gasteiger partial charge in [-0.25, -0.2) is 14.1 Å². The molecule has 0 spiro atoms. The van der Waals surface area contributed by atoms with Crippen molar-refractivity contribution in [2.75, 3.05) is 26.2 Å². The van der Waals surface area contributed by atoms with Crippen LogP contribution in [0.25, 0.3) is 16.7 Å². The molecule has 4 heterocycles. The van der Waals surface area contributed by atoms with Crippen LogP contribution in [0, 0.1) is 5.82 Å². The standard InChI is InChI=1S/C22H20FN7O3/c23-16-13-25-20(30-7-6-26-27-30)18-17(16)15(12-24-18)19(31)22(33)29-10-8-28(9-11-29)21(32)14-4-2-1-3-5-14/h1-7,12-13,19,24,31H,8-11H2. The topological polar surface area (TPSA) is 120 Å². The van der Waals surface area contributed by atoms with Gasteiger partial charge in [0.2, 0.25) is 0 Å². The number of aromatic nitrogens is 5. The summed E-state index contributed by atoms with van der Waals surface area (Å²) in [6.45, 7) is 1.22. The largest absolute Gasteiger partial charge is 0.378 e. The van der Waals surface area contributed by atoms with Crippen LogP contribution in [0.2, 0.25) is 0 Å². The Labute approximate surface area is 187 Å². The maximum atomic E-state index is 14.7. The van der Waals surface area contributed by atoms with Crippen LogP contribution in [-0.2, 0) is 4.79 Å². The number of nitrogens with one attached hydrogen (secondary N) is 1. The molecule has 1 fully saturated rings. The van der Waals surface area contributed by atoms with Gasteiger partial charge in [-0.2, -0.15) is 0 Å². The number of hydrogen-bond acceptors (Lipinski definition) is 6. The Morgan fingerprint density at radius 2 is 1.82 bits per heavy atom. The number of H-pyrrole nitrogens is 1. The van der Waals surface area contributed by atoms with Crippen molar-refractivity contribution in [2.24, 2.45) is 0 Å². The first-order valence-electron chi connectivity index (χ1n) is 10.4. The highest BCUT2D eigenvalue weighted by molar-refractivity contribution is 5.95. The van der Waals surface area contributed by atoms with E-state index in [1.807, 2.05) is 6.07 Å². The zero-order chi connectivity index (χ0) is 22.9. The lowest BCUT2D eigenvalue weighted by Crippen LogP contribution is -2.51. The van der Waals surface area contributed by atoms with E-state index in [9.17, 15) is 19.1 Å². The Bertz CT molecular complexity index is 1300. The van der Waals surface area contributed by atoms with Crippen LogP contribution in [0.3, 0.4) is 0 Å². The van der Waals surface area contributed by atoms with Crippen molar-refractivity contribution in [1.29, 1.82) is 0 Å². The Morgan fingerprint density at radius 3 is 2.52 bits per heavy atom. The van der Waals surface area contributed by atoms with Crippen molar-refractivity contribution in [1.82, 2.24) is 34.8 Å². The summed E-state index contributed by atoms with van der Waals surface area (Å²) < 4.78 is 16.0. The first-order valence-corrected chi connectivity index (χ1v) is 10.4. The number of aromatic amines is 1. The van der Waals surface area contributed by atoms with Crippen LogP contribution in [-0.4, -0.2) is 77.9 Å². The Morgan fingerprint density at radius 1 is 1.09 bits per heavy atom. The van der Waals surface area contributed by atoms with Gasteiger partial charge in [0.15, 0.2) is 17.7 Å². The molecule has 0 aliphatic carbocycles. The number of halogens is 1. The minimum atomic E-state index is -1.57. The van der Waals surface area contributed by atoms with Crippen LogP contribution in [0.4, 0.5) is 4.39 Å². The number of aliphatic hydroxyl groups is 1. The third kappa shape index (κ3) is 3.72. The number of carbonyl (C=O) groups excluding carboxylic acids is 2. The summed E-state index contributed by atoms with van der Waals surface area (Å²) >= 11 is 0. The summed E-state index contributed by atoms with van der Waals surface area (Å²) in [5.41, 5.74) is 0.989. The van der Waals surface area contributed by atoms with Gasteiger partial charge < -0.3 is 19.9 Å². The molecule has 5 rings (SSSR count). The quantitative estimate of drug-likeness (QED) is 0.485. The maximum Gasteiger partial charge on any atom is 0.256 e. The van der Waals surface area contributed by atoms with Crippen molar-refractivity contribution >= 4 is 22.7 Å². The number of rotatable bonds is 4. The number of hydrogen-bond donors (Lipinski definition) is 2. The van der Waals surface area contributed by atoms with Crippen LogP contribution in [0.5, 0.6) is 0 Å². The van der Waals surface area contributed by atoms with E-state index in [0.29, 0.717) is 30.0 Å². The summed E-state index contributed by atoms with van der Waals surface area (Å²) in [5, 5.41) is 18.5. The minimum absolute atomic E-state index is 0.0641. The van der Waals surface area contributed by atoms with Crippen LogP contribution >= 0.6 is 0 Å². The lowest BCUT2D eigenvalue weighted by atomic mass is 10.1. The normalized spacial score (nSPS) is 15.1. The van der Waals surface area contributed by atoms with Crippen molar-refractivity contribution in [2.45, 2.75) is 6.10 Å². The second-order valence-corrected chi connectivity index (χ2v) is 7.66. The maximum absolute atomic E-state index is 14.7. The van der Waals surface area contributed by atoms with Gasteiger partial charge in [-0.15, -0.1) is 5.10 Å². The van der Waals surface area contributed by atoms with Crippen molar-refractivity contribution in [3.8, 4) is 5.82 Å². The monoisotopic (exact) mass is 449 g/mol. The summed E-state index contributed by atoms with van der Waals surface area (Å²) in [4.78, 5) is 35.7. The number of nitrogens with zero attached hydrogens (tertiary/aromatic N) is 6. The molecule has 33 heavy (non-hydrogen) atoms. The zero-order valence-corrected chi connectivity index (χ0v) is 17.4. The number of carbonyl (C=O) groups is 2. The third-order valence-electron chi connectivity index (χ3n) is 5.74. The SMILES string of the molecule is O=C(c1ccccc1)N1CCN(C(=O)C(O)c2c[nH]c3c(-n4ccnn4)ncc(F)c23)CC1. The van der Waals surface area contributed by atoms with E-state index >= 15 is 0 Å². The molecule has 1 aliphatic rings. The number of piperazine rings is 1. The molecule has 10 nitrogen and oxygen atoms in total. The molecule has 0 radical (unpaired) electrons. The fourth-order valence-corrected chi connectivity index (χ4v) is 4.03. The average Bonchev–Trinajstić information content (AvgIpc) is 3.55. The van der Waals surface area contributed by atoms with E-state index in [1.165, 1.54) is 22.0 Å². The third-order valence-corrected chi connectivity index (χ3v) is 5.74. The first-order chi connectivity index (χ1) is 16.0. The number of fused-ring (bicyclic) bond motifs is 1. The van der Waals surface area contributed by atoms with Crippen LogP contribution < -0.4 is 0 Å². The molecule has 2 N–H and O–H groups in total. The number of benzene rings is 1. The summed E-state index contributed by atoms with van der Waals surface area (Å²) in [5.74, 6) is -1.03. The second kappa shape index (κ2) is 8.43. The van der Waals surface area contributed by atoms with E-state index in [0.717, 1.165) is 6.20 Å². The summed E-state index contributed by atoms with van der Waals surface area (Å²) in [7, 11) is 0. The van der Waals surface area contributed by atoms with E-state index in [-0.39, 0.29) is 29.9 Å². The molecule has 168 valence electrons. The number of amides is 2. The molecule has 2 amide bonds. The van der Waals surface area contributed by atoms with Gasteiger partial charge in [0.1, 0.15) is 0 Å². The molecule has 0 bridgehead atoms. The minimum Gasteiger partial charge on any atom is -0.378 e. The smallest absolute Gasteiger partial charge is 0.256 e.